The van der Waals surface area contributed by atoms with E-state index in [9.17, 15) is 18.0 Å². The lowest BCUT2D eigenvalue weighted by Gasteiger charge is -2.07. The van der Waals surface area contributed by atoms with Crippen LogP contribution in [0.3, 0.4) is 0 Å². The van der Waals surface area contributed by atoms with Gasteiger partial charge in [0.25, 0.3) is 0 Å². The highest BCUT2D eigenvalue weighted by molar-refractivity contribution is 5.73. The lowest BCUT2D eigenvalue weighted by molar-refractivity contribution is -0.142. The molecule has 0 spiro atoms. The molecule has 0 radical (unpaired) electrons. The maximum absolute atomic E-state index is 12.7. The third kappa shape index (κ3) is 3.47. The number of nitrogens with two attached hydrogens (primary N) is 1. The number of hydrogen-bond acceptors (Lipinski definition) is 2. The fraction of sp³-hybridized carbons (Fsp3) is 0.600. The molecule has 0 fully saturated rings. The summed E-state index contributed by atoms with van der Waals surface area (Å²) in [5, 5.41) is 3.46. The van der Waals surface area contributed by atoms with Gasteiger partial charge in [0.2, 0.25) is 5.91 Å². The molecule has 1 amide bonds. The van der Waals surface area contributed by atoms with E-state index < -0.39 is 17.8 Å². The minimum Gasteiger partial charge on any atom is -0.370 e. The van der Waals surface area contributed by atoms with Crippen LogP contribution in [0.15, 0.2) is 6.20 Å². The summed E-state index contributed by atoms with van der Waals surface area (Å²) in [6.07, 6.45) is -3.19. The molecule has 0 aliphatic rings. The van der Waals surface area contributed by atoms with Crippen molar-refractivity contribution in [3.63, 3.8) is 0 Å². The van der Waals surface area contributed by atoms with E-state index in [4.69, 9.17) is 5.73 Å². The number of rotatable bonds is 4. The quantitative estimate of drug-likeness (QED) is 0.885. The van der Waals surface area contributed by atoms with Crippen LogP contribution < -0.4 is 5.73 Å². The lowest BCUT2D eigenvalue weighted by Crippen LogP contribution is -2.15. The van der Waals surface area contributed by atoms with Crippen molar-refractivity contribution in [2.24, 2.45) is 5.73 Å². The first kappa shape index (κ1) is 13.5. The van der Waals surface area contributed by atoms with E-state index in [1.165, 1.54) is 6.20 Å². The van der Waals surface area contributed by atoms with Crippen molar-refractivity contribution in [1.29, 1.82) is 0 Å². The number of hydrogen-bond donors (Lipinski definition) is 1. The first-order valence-corrected chi connectivity index (χ1v) is 5.14. The van der Waals surface area contributed by atoms with E-state index >= 15 is 0 Å². The van der Waals surface area contributed by atoms with Crippen molar-refractivity contribution in [1.82, 2.24) is 9.78 Å². The lowest BCUT2D eigenvalue weighted by atomic mass is 10.0. The number of aryl methyl sites for hydroxylation is 1. The number of primary amides is 1. The molecule has 1 aromatic heterocycles. The van der Waals surface area contributed by atoms with Crippen LogP contribution in [0, 0.1) is 0 Å². The molecule has 2 N–H and O–H groups in total. The molecule has 0 aliphatic carbocycles. The van der Waals surface area contributed by atoms with Gasteiger partial charge < -0.3 is 5.73 Å². The zero-order valence-corrected chi connectivity index (χ0v) is 9.58. The van der Waals surface area contributed by atoms with E-state index in [1.807, 2.05) is 0 Å². The van der Waals surface area contributed by atoms with Gasteiger partial charge in [-0.2, -0.15) is 18.3 Å². The zero-order valence-electron chi connectivity index (χ0n) is 9.58. The second-order valence-corrected chi connectivity index (χ2v) is 4.06. The van der Waals surface area contributed by atoms with Gasteiger partial charge in [-0.05, 0) is 5.92 Å². The highest BCUT2D eigenvalue weighted by Crippen LogP contribution is 2.33. The molecule has 17 heavy (non-hydrogen) atoms. The van der Waals surface area contributed by atoms with Crippen LogP contribution in [-0.2, 0) is 17.5 Å². The molecule has 7 heteroatoms. The summed E-state index contributed by atoms with van der Waals surface area (Å²) in [5.41, 5.74) is 4.16. The van der Waals surface area contributed by atoms with Crippen LogP contribution in [0.1, 0.15) is 37.4 Å². The van der Waals surface area contributed by atoms with Gasteiger partial charge >= 0.3 is 6.18 Å². The summed E-state index contributed by atoms with van der Waals surface area (Å²) >= 11 is 0. The SMILES string of the molecule is CC(C)c1cn(CCC(N)=O)nc1C(F)(F)F. The Morgan fingerprint density at radius 2 is 2.12 bits per heavy atom. The van der Waals surface area contributed by atoms with Gasteiger partial charge in [-0.25, -0.2) is 0 Å². The van der Waals surface area contributed by atoms with Crippen molar-refractivity contribution in [3.8, 4) is 0 Å². The number of aromatic nitrogens is 2. The van der Waals surface area contributed by atoms with Gasteiger partial charge in [0.1, 0.15) is 0 Å². The van der Waals surface area contributed by atoms with Crippen molar-refractivity contribution < 1.29 is 18.0 Å². The molecule has 1 heterocycles. The largest absolute Gasteiger partial charge is 0.435 e. The highest BCUT2D eigenvalue weighted by Gasteiger charge is 2.37. The molecule has 0 aromatic carbocycles. The molecule has 0 atom stereocenters. The van der Waals surface area contributed by atoms with Crippen molar-refractivity contribution in [3.05, 3.63) is 17.5 Å². The van der Waals surface area contributed by atoms with E-state index in [2.05, 4.69) is 5.10 Å². The topological polar surface area (TPSA) is 60.9 Å². The van der Waals surface area contributed by atoms with Gasteiger partial charge in [-0.15, -0.1) is 0 Å². The van der Waals surface area contributed by atoms with Crippen molar-refractivity contribution in [2.75, 3.05) is 0 Å². The molecule has 1 rings (SSSR count). The Bertz CT molecular complexity index is 409. The average molecular weight is 249 g/mol. The third-order valence-corrected chi connectivity index (χ3v) is 2.27. The predicted octanol–water partition coefficient (Wildman–Crippen LogP) is 1.90. The Kier molecular flexibility index (Phi) is 3.79. The average Bonchev–Trinajstić information content (AvgIpc) is 2.57. The normalized spacial score (nSPS) is 12.1. The number of alkyl halides is 3. The molecule has 0 saturated heterocycles. The van der Waals surface area contributed by atoms with E-state index in [0.717, 1.165) is 4.68 Å². The van der Waals surface area contributed by atoms with E-state index in [-0.39, 0.29) is 24.4 Å². The van der Waals surface area contributed by atoms with Crippen LogP contribution in [0.2, 0.25) is 0 Å². The Morgan fingerprint density at radius 3 is 2.47 bits per heavy atom. The second-order valence-electron chi connectivity index (χ2n) is 4.06. The standard InChI is InChI=1S/C10H14F3N3O/c1-6(2)7-5-16(4-3-8(14)17)15-9(7)10(11,12)13/h5-6H,3-4H2,1-2H3,(H2,14,17). The third-order valence-electron chi connectivity index (χ3n) is 2.27. The summed E-state index contributed by atoms with van der Waals surface area (Å²) in [6.45, 7) is 3.38. The zero-order chi connectivity index (χ0) is 13.2. The van der Waals surface area contributed by atoms with Crippen LogP contribution in [-0.4, -0.2) is 15.7 Å². The van der Waals surface area contributed by atoms with Crippen molar-refractivity contribution >= 4 is 5.91 Å². The number of nitrogens with zero attached hydrogens (tertiary/aromatic N) is 2. The Labute approximate surface area is 96.6 Å². The maximum Gasteiger partial charge on any atom is 0.435 e. The summed E-state index contributed by atoms with van der Waals surface area (Å²) in [6, 6.07) is 0. The second kappa shape index (κ2) is 4.77. The predicted molar refractivity (Wildman–Crippen MR) is 55.1 cm³/mol. The molecule has 0 aliphatic heterocycles. The molecular formula is C10H14F3N3O. The van der Waals surface area contributed by atoms with Gasteiger partial charge in [-0.1, -0.05) is 13.8 Å². The van der Waals surface area contributed by atoms with Crippen LogP contribution in [0.25, 0.3) is 0 Å². The fourth-order valence-corrected chi connectivity index (χ4v) is 1.42. The Morgan fingerprint density at radius 1 is 1.53 bits per heavy atom. The van der Waals surface area contributed by atoms with E-state index in [0.29, 0.717) is 0 Å². The molecule has 4 nitrogen and oxygen atoms in total. The minimum absolute atomic E-state index is 0.0312. The van der Waals surface area contributed by atoms with Gasteiger partial charge in [0.15, 0.2) is 5.69 Å². The summed E-state index contributed by atoms with van der Waals surface area (Å²) in [5.74, 6) is -0.853. The van der Waals surface area contributed by atoms with Crippen molar-refractivity contribution in [2.45, 2.75) is 38.9 Å². The molecule has 96 valence electrons. The Balaban J connectivity index is 3.00. The minimum atomic E-state index is -4.47. The van der Waals surface area contributed by atoms with Gasteiger partial charge in [0.05, 0.1) is 0 Å². The van der Waals surface area contributed by atoms with Crippen LogP contribution in [0.4, 0.5) is 13.2 Å². The van der Waals surface area contributed by atoms with Gasteiger partial charge in [-0.3, -0.25) is 9.48 Å². The van der Waals surface area contributed by atoms with E-state index in [1.54, 1.807) is 13.8 Å². The van der Waals surface area contributed by atoms with Gasteiger partial charge in [0, 0.05) is 24.7 Å². The summed E-state index contributed by atoms with van der Waals surface area (Å²) in [4.78, 5) is 10.6. The molecule has 0 bridgehead atoms. The smallest absolute Gasteiger partial charge is 0.370 e. The fourth-order valence-electron chi connectivity index (χ4n) is 1.42. The summed E-state index contributed by atoms with van der Waals surface area (Å²) < 4.78 is 39.1. The number of halogens is 3. The first-order chi connectivity index (χ1) is 7.71. The number of amides is 1. The Hall–Kier alpha value is -1.53. The molecular weight excluding hydrogens is 235 g/mol. The molecule has 0 unspecified atom stereocenters. The monoisotopic (exact) mass is 249 g/mol. The maximum atomic E-state index is 12.7. The molecule has 0 saturated carbocycles. The number of carbonyl (C=O) groups excluding carboxylic acids is 1. The number of carbonyl (C=O) groups is 1. The highest BCUT2D eigenvalue weighted by atomic mass is 19.4. The summed E-state index contributed by atoms with van der Waals surface area (Å²) in [7, 11) is 0. The first-order valence-electron chi connectivity index (χ1n) is 5.14. The van der Waals surface area contributed by atoms with Crippen LogP contribution >= 0.6 is 0 Å². The van der Waals surface area contributed by atoms with Crippen LogP contribution in [0.5, 0.6) is 0 Å². The molecule has 1 aromatic rings.